The highest BCUT2D eigenvalue weighted by Gasteiger charge is 2.13. The zero-order valence-corrected chi connectivity index (χ0v) is 13.6. The normalized spacial score (nSPS) is 16.8. The standard InChI is InChI=1S/C16H20ClN3S/c17-16-13(8-5-9-18-16)14-10-20-15(21-14)11-19-12-6-3-1-2-4-7-12/h5,8-10,12,19H,1-4,6-7,11H2. The first-order valence-corrected chi connectivity index (χ1v) is 8.81. The number of thiazole rings is 1. The molecular weight excluding hydrogens is 302 g/mol. The van der Waals surface area contributed by atoms with Crippen LogP contribution in [0.1, 0.15) is 43.5 Å². The maximum atomic E-state index is 6.14. The van der Waals surface area contributed by atoms with E-state index in [9.17, 15) is 0 Å². The quantitative estimate of drug-likeness (QED) is 0.656. The summed E-state index contributed by atoms with van der Waals surface area (Å²) >= 11 is 7.83. The van der Waals surface area contributed by atoms with E-state index < -0.39 is 0 Å². The van der Waals surface area contributed by atoms with Crippen molar-refractivity contribution < 1.29 is 0 Å². The molecule has 5 heteroatoms. The zero-order valence-electron chi connectivity index (χ0n) is 12.0. The fourth-order valence-electron chi connectivity index (χ4n) is 2.80. The average Bonchev–Trinajstić information content (AvgIpc) is 2.81. The van der Waals surface area contributed by atoms with Gasteiger partial charge in [-0.15, -0.1) is 11.3 Å². The van der Waals surface area contributed by atoms with Crippen LogP contribution in [-0.2, 0) is 6.54 Å². The first kappa shape index (κ1) is 14.9. The Morgan fingerprint density at radius 2 is 2.00 bits per heavy atom. The molecule has 1 fully saturated rings. The van der Waals surface area contributed by atoms with Crippen molar-refractivity contribution in [1.82, 2.24) is 15.3 Å². The van der Waals surface area contributed by atoms with E-state index >= 15 is 0 Å². The van der Waals surface area contributed by atoms with Gasteiger partial charge in [0.15, 0.2) is 0 Å². The molecule has 3 rings (SSSR count). The highest BCUT2D eigenvalue weighted by molar-refractivity contribution is 7.15. The number of halogens is 1. The number of pyridine rings is 1. The van der Waals surface area contributed by atoms with Gasteiger partial charge in [-0.2, -0.15) is 0 Å². The third kappa shape index (κ3) is 4.02. The van der Waals surface area contributed by atoms with Crippen LogP contribution in [0.15, 0.2) is 24.5 Å². The van der Waals surface area contributed by atoms with Crippen molar-refractivity contribution in [2.75, 3.05) is 0 Å². The minimum absolute atomic E-state index is 0.546. The van der Waals surface area contributed by atoms with Gasteiger partial charge in [-0.05, 0) is 25.0 Å². The first-order chi connectivity index (χ1) is 10.3. The van der Waals surface area contributed by atoms with Crippen molar-refractivity contribution in [1.29, 1.82) is 0 Å². The lowest BCUT2D eigenvalue weighted by Crippen LogP contribution is -2.27. The molecular formula is C16H20ClN3S. The minimum Gasteiger partial charge on any atom is -0.308 e. The van der Waals surface area contributed by atoms with Crippen molar-refractivity contribution in [3.8, 4) is 10.4 Å². The molecule has 0 unspecified atom stereocenters. The maximum absolute atomic E-state index is 6.14. The van der Waals surface area contributed by atoms with E-state index in [1.807, 2.05) is 18.3 Å². The van der Waals surface area contributed by atoms with Gasteiger partial charge in [0.05, 0.1) is 4.88 Å². The van der Waals surface area contributed by atoms with Crippen LogP contribution in [0, 0.1) is 0 Å². The highest BCUT2D eigenvalue weighted by atomic mass is 35.5. The summed E-state index contributed by atoms with van der Waals surface area (Å²) in [5.41, 5.74) is 0.970. The average molecular weight is 322 g/mol. The molecule has 2 aromatic rings. The molecule has 0 amide bonds. The zero-order chi connectivity index (χ0) is 14.5. The number of nitrogens with one attached hydrogen (secondary N) is 1. The van der Waals surface area contributed by atoms with Gasteiger partial charge in [0.1, 0.15) is 10.2 Å². The van der Waals surface area contributed by atoms with E-state index in [-0.39, 0.29) is 0 Å². The highest BCUT2D eigenvalue weighted by Crippen LogP contribution is 2.30. The van der Waals surface area contributed by atoms with E-state index in [0.29, 0.717) is 11.2 Å². The van der Waals surface area contributed by atoms with E-state index in [2.05, 4.69) is 15.3 Å². The van der Waals surface area contributed by atoms with Crippen LogP contribution in [0.3, 0.4) is 0 Å². The molecule has 0 radical (unpaired) electrons. The Balaban J connectivity index is 1.61. The van der Waals surface area contributed by atoms with Crippen LogP contribution in [0.5, 0.6) is 0 Å². The van der Waals surface area contributed by atoms with Crippen LogP contribution in [-0.4, -0.2) is 16.0 Å². The van der Waals surface area contributed by atoms with Crippen LogP contribution in [0.25, 0.3) is 10.4 Å². The van der Waals surface area contributed by atoms with Crippen molar-refractivity contribution in [3.05, 3.63) is 34.7 Å². The summed E-state index contributed by atoms with van der Waals surface area (Å²) in [6.07, 6.45) is 11.7. The summed E-state index contributed by atoms with van der Waals surface area (Å²) in [5.74, 6) is 0. The molecule has 2 heterocycles. The number of hydrogen-bond acceptors (Lipinski definition) is 4. The van der Waals surface area contributed by atoms with Gasteiger partial charge in [-0.3, -0.25) is 0 Å². The summed E-state index contributed by atoms with van der Waals surface area (Å²) in [4.78, 5) is 9.72. The topological polar surface area (TPSA) is 37.8 Å². The number of hydrogen-bond donors (Lipinski definition) is 1. The van der Waals surface area contributed by atoms with Gasteiger partial charge >= 0.3 is 0 Å². The number of nitrogens with zero attached hydrogens (tertiary/aromatic N) is 2. The molecule has 0 aromatic carbocycles. The first-order valence-electron chi connectivity index (χ1n) is 7.62. The third-order valence-corrected chi connectivity index (χ3v) is 5.31. The van der Waals surface area contributed by atoms with Crippen molar-refractivity contribution in [2.24, 2.45) is 0 Å². The van der Waals surface area contributed by atoms with Gasteiger partial charge in [0, 0.05) is 30.5 Å². The van der Waals surface area contributed by atoms with Crippen LogP contribution in [0.2, 0.25) is 5.15 Å². The van der Waals surface area contributed by atoms with E-state index in [1.54, 1.807) is 17.5 Å². The second-order valence-corrected chi connectivity index (χ2v) is 7.00. The van der Waals surface area contributed by atoms with Crippen LogP contribution in [0.4, 0.5) is 0 Å². The molecule has 0 saturated heterocycles. The molecule has 21 heavy (non-hydrogen) atoms. The summed E-state index contributed by atoms with van der Waals surface area (Å²) in [7, 11) is 0. The predicted molar refractivity (Wildman–Crippen MR) is 88.7 cm³/mol. The monoisotopic (exact) mass is 321 g/mol. The summed E-state index contributed by atoms with van der Waals surface area (Å²) in [6, 6.07) is 4.55. The van der Waals surface area contributed by atoms with Crippen LogP contribution < -0.4 is 5.32 Å². The third-order valence-electron chi connectivity index (χ3n) is 3.98. The fourth-order valence-corrected chi connectivity index (χ4v) is 3.97. The Labute approximate surface area is 134 Å². The lowest BCUT2D eigenvalue weighted by Gasteiger charge is -2.14. The Hall–Kier alpha value is -0.970. The molecule has 1 N–H and O–H groups in total. The Morgan fingerprint density at radius 1 is 1.19 bits per heavy atom. The molecule has 1 aliphatic rings. The van der Waals surface area contributed by atoms with Gasteiger partial charge in [0.2, 0.25) is 0 Å². The molecule has 0 spiro atoms. The fraction of sp³-hybridized carbons (Fsp3) is 0.500. The Bertz CT molecular complexity index is 576. The SMILES string of the molecule is Clc1ncccc1-c1cnc(CNC2CCCCCC2)s1. The maximum Gasteiger partial charge on any atom is 0.137 e. The molecule has 0 atom stereocenters. The van der Waals surface area contributed by atoms with Gasteiger partial charge in [0.25, 0.3) is 0 Å². The van der Waals surface area contributed by atoms with E-state index in [0.717, 1.165) is 22.0 Å². The van der Waals surface area contributed by atoms with Crippen molar-refractivity contribution >= 4 is 22.9 Å². The molecule has 1 saturated carbocycles. The summed E-state index contributed by atoms with van der Waals surface area (Å²) < 4.78 is 0. The second-order valence-electron chi connectivity index (χ2n) is 5.53. The molecule has 112 valence electrons. The van der Waals surface area contributed by atoms with Crippen molar-refractivity contribution in [2.45, 2.75) is 51.1 Å². The Kier molecular flexibility index (Phi) is 5.22. The number of rotatable bonds is 4. The second kappa shape index (κ2) is 7.34. The summed E-state index contributed by atoms with van der Waals surface area (Å²) in [6.45, 7) is 0.854. The number of aromatic nitrogens is 2. The van der Waals surface area contributed by atoms with Crippen LogP contribution >= 0.6 is 22.9 Å². The molecule has 2 aromatic heterocycles. The Morgan fingerprint density at radius 3 is 2.76 bits per heavy atom. The smallest absolute Gasteiger partial charge is 0.137 e. The van der Waals surface area contributed by atoms with Gasteiger partial charge in [-0.25, -0.2) is 9.97 Å². The van der Waals surface area contributed by atoms with Gasteiger partial charge < -0.3 is 5.32 Å². The predicted octanol–water partition coefficient (Wildman–Crippen LogP) is 4.67. The minimum atomic E-state index is 0.546. The van der Waals surface area contributed by atoms with E-state index in [1.165, 1.54) is 38.5 Å². The molecule has 0 bridgehead atoms. The van der Waals surface area contributed by atoms with Gasteiger partial charge in [-0.1, -0.05) is 37.3 Å². The van der Waals surface area contributed by atoms with Crippen molar-refractivity contribution in [3.63, 3.8) is 0 Å². The molecule has 3 nitrogen and oxygen atoms in total. The molecule has 1 aliphatic carbocycles. The lowest BCUT2D eigenvalue weighted by atomic mass is 10.1. The molecule has 0 aliphatic heterocycles. The van der Waals surface area contributed by atoms with E-state index in [4.69, 9.17) is 11.6 Å². The summed E-state index contributed by atoms with van der Waals surface area (Å²) in [5, 5.41) is 5.32. The lowest BCUT2D eigenvalue weighted by molar-refractivity contribution is 0.458. The largest absolute Gasteiger partial charge is 0.308 e.